The molecule has 1 aliphatic heterocycles. The standard InChI is InChI=1S/C15H13Cl2N3O/c1-9-19-14-7-6-10(16)8-12(14)15(21,20(9)18)11-4-2-3-5-13(11)17/h2-8,21H,18H2,1H3/t15-/m1/s1. The lowest BCUT2D eigenvalue weighted by Gasteiger charge is -2.41. The molecule has 0 saturated heterocycles. The predicted molar refractivity (Wildman–Crippen MR) is 84.7 cm³/mol. The van der Waals surface area contributed by atoms with Crippen molar-refractivity contribution in [2.24, 2.45) is 10.8 Å². The highest BCUT2D eigenvalue weighted by Crippen LogP contribution is 2.43. The third-order valence-corrected chi connectivity index (χ3v) is 4.13. The van der Waals surface area contributed by atoms with Gasteiger partial charge < -0.3 is 5.11 Å². The van der Waals surface area contributed by atoms with Gasteiger partial charge in [-0.2, -0.15) is 0 Å². The molecule has 0 spiro atoms. The van der Waals surface area contributed by atoms with Gasteiger partial charge in [-0.05, 0) is 31.2 Å². The summed E-state index contributed by atoms with van der Waals surface area (Å²) in [4.78, 5) is 4.37. The van der Waals surface area contributed by atoms with Gasteiger partial charge in [0.15, 0.2) is 0 Å². The highest BCUT2D eigenvalue weighted by atomic mass is 35.5. The summed E-state index contributed by atoms with van der Waals surface area (Å²) >= 11 is 12.3. The van der Waals surface area contributed by atoms with Crippen molar-refractivity contribution in [2.45, 2.75) is 12.6 Å². The summed E-state index contributed by atoms with van der Waals surface area (Å²) in [6, 6.07) is 12.1. The summed E-state index contributed by atoms with van der Waals surface area (Å²) in [5, 5.41) is 13.4. The number of halogens is 2. The fourth-order valence-corrected chi connectivity index (χ4v) is 2.94. The highest BCUT2D eigenvalue weighted by molar-refractivity contribution is 6.31. The molecule has 0 fully saturated rings. The van der Waals surface area contributed by atoms with Gasteiger partial charge in [-0.3, -0.25) is 5.01 Å². The maximum absolute atomic E-state index is 11.3. The SMILES string of the molecule is CC1=Nc2ccc(Cl)cc2[C@](O)(c2ccccc2Cl)N1N. The molecule has 2 aromatic carbocycles. The summed E-state index contributed by atoms with van der Waals surface area (Å²) in [6.45, 7) is 1.72. The molecule has 3 N–H and O–H groups in total. The predicted octanol–water partition coefficient (Wildman–Crippen LogP) is 3.43. The van der Waals surface area contributed by atoms with Crippen LogP contribution in [0.3, 0.4) is 0 Å². The van der Waals surface area contributed by atoms with Crippen LogP contribution in [0, 0.1) is 0 Å². The smallest absolute Gasteiger partial charge is 0.209 e. The van der Waals surface area contributed by atoms with Gasteiger partial charge in [0.1, 0.15) is 5.84 Å². The van der Waals surface area contributed by atoms with Crippen molar-refractivity contribution in [3.63, 3.8) is 0 Å². The summed E-state index contributed by atoms with van der Waals surface area (Å²) in [7, 11) is 0. The molecule has 1 atom stereocenters. The van der Waals surface area contributed by atoms with Crippen LogP contribution in [0.1, 0.15) is 18.1 Å². The number of rotatable bonds is 1. The van der Waals surface area contributed by atoms with Crippen LogP contribution < -0.4 is 5.84 Å². The topological polar surface area (TPSA) is 61.9 Å². The van der Waals surface area contributed by atoms with Crippen LogP contribution in [0.25, 0.3) is 0 Å². The molecule has 4 nitrogen and oxygen atoms in total. The molecule has 0 aliphatic carbocycles. The van der Waals surface area contributed by atoms with Crippen molar-refractivity contribution < 1.29 is 5.11 Å². The number of aliphatic imine (C=N–C) groups is 1. The van der Waals surface area contributed by atoms with Crippen LogP contribution in [-0.4, -0.2) is 16.0 Å². The third kappa shape index (κ3) is 2.12. The van der Waals surface area contributed by atoms with Crippen molar-refractivity contribution in [3.05, 3.63) is 63.6 Å². The fraction of sp³-hybridized carbons (Fsp3) is 0.133. The van der Waals surface area contributed by atoms with Gasteiger partial charge in [0.2, 0.25) is 5.72 Å². The molecule has 3 rings (SSSR count). The second-order valence-corrected chi connectivity index (χ2v) is 5.69. The zero-order chi connectivity index (χ0) is 15.2. The molecule has 0 bridgehead atoms. The van der Waals surface area contributed by atoms with Crippen LogP contribution in [0.4, 0.5) is 5.69 Å². The van der Waals surface area contributed by atoms with Crippen LogP contribution in [-0.2, 0) is 5.72 Å². The molecule has 108 valence electrons. The Hall–Kier alpha value is -1.59. The van der Waals surface area contributed by atoms with Gasteiger partial charge in [0.05, 0.1) is 5.69 Å². The summed E-state index contributed by atoms with van der Waals surface area (Å²) in [5.41, 5.74) is -0.0334. The summed E-state index contributed by atoms with van der Waals surface area (Å²) in [6.07, 6.45) is 0. The van der Waals surface area contributed by atoms with E-state index < -0.39 is 5.72 Å². The van der Waals surface area contributed by atoms with E-state index in [-0.39, 0.29) is 0 Å². The lowest BCUT2D eigenvalue weighted by molar-refractivity contribution is -0.0410. The first-order valence-electron chi connectivity index (χ1n) is 6.32. The second-order valence-electron chi connectivity index (χ2n) is 4.84. The third-order valence-electron chi connectivity index (χ3n) is 3.56. The zero-order valence-corrected chi connectivity index (χ0v) is 12.7. The number of aliphatic hydroxyl groups is 1. The van der Waals surface area contributed by atoms with E-state index >= 15 is 0 Å². The van der Waals surface area contributed by atoms with E-state index in [9.17, 15) is 5.11 Å². The van der Waals surface area contributed by atoms with Crippen LogP contribution in [0.15, 0.2) is 47.5 Å². The van der Waals surface area contributed by atoms with E-state index in [4.69, 9.17) is 29.0 Å². The Morgan fingerprint density at radius 3 is 2.57 bits per heavy atom. The van der Waals surface area contributed by atoms with Crippen molar-refractivity contribution in [1.29, 1.82) is 0 Å². The second kappa shape index (κ2) is 5.00. The molecule has 1 heterocycles. The molecule has 0 unspecified atom stereocenters. The molecular formula is C15H13Cl2N3O. The van der Waals surface area contributed by atoms with Crippen molar-refractivity contribution in [2.75, 3.05) is 0 Å². The first-order valence-corrected chi connectivity index (χ1v) is 7.08. The molecule has 0 radical (unpaired) electrons. The summed E-state index contributed by atoms with van der Waals surface area (Å²) in [5.74, 6) is 6.55. The fourth-order valence-electron chi connectivity index (χ4n) is 2.50. The minimum atomic E-state index is -1.62. The molecule has 2 aromatic rings. The zero-order valence-electron chi connectivity index (χ0n) is 11.2. The number of benzene rings is 2. The Balaban J connectivity index is 2.34. The van der Waals surface area contributed by atoms with Gasteiger partial charge in [0, 0.05) is 21.2 Å². The van der Waals surface area contributed by atoms with Crippen LogP contribution >= 0.6 is 23.2 Å². The largest absolute Gasteiger partial charge is 0.362 e. The molecule has 0 aromatic heterocycles. The maximum Gasteiger partial charge on any atom is 0.209 e. The number of amidine groups is 1. The van der Waals surface area contributed by atoms with Crippen LogP contribution in [0.5, 0.6) is 0 Å². The molecular weight excluding hydrogens is 309 g/mol. The lowest BCUT2D eigenvalue weighted by atomic mass is 9.91. The van der Waals surface area contributed by atoms with Gasteiger partial charge in [-0.1, -0.05) is 41.4 Å². The van der Waals surface area contributed by atoms with Gasteiger partial charge in [-0.15, -0.1) is 0 Å². The first kappa shape index (κ1) is 14.4. The first-order chi connectivity index (χ1) is 9.94. The van der Waals surface area contributed by atoms with E-state index in [1.165, 1.54) is 5.01 Å². The Kier molecular flexibility index (Phi) is 3.42. The number of hydrogen-bond acceptors (Lipinski definition) is 4. The van der Waals surface area contributed by atoms with Gasteiger partial charge >= 0.3 is 0 Å². The average molecular weight is 322 g/mol. The Morgan fingerprint density at radius 1 is 1.14 bits per heavy atom. The molecule has 0 saturated carbocycles. The van der Waals surface area contributed by atoms with Crippen molar-refractivity contribution in [3.8, 4) is 0 Å². The Labute approximate surface area is 132 Å². The Morgan fingerprint density at radius 2 is 1.86 bits per heavy atom. The van der Waals surface area contributed by atoms with Crippen molar-refractivity contribution in [1.82, 2.24) is 5.01 Å². The molecule has 6 heteroatoms. The Bertz CT molecular complexity index is 747. The van der Waals surface area contributed by atoms with E-state index in [2.05, 4.69) is 4.99 Å². The summed E-state index contributed by atoms with van der Waals surface area (Å²) < 4.78 is 0. The van der Waals surface area contributed by atoms with Gasteiger partial charge in [-0.25, -0.2) is 10.8 Å². The monoisotopic (exact) mass is 321 g/mol. The van der Waals surface area contributed by atoms with E-state index in [1.54, 1.807) is 49.4 Å². The number of nitrogens with zero attached hydrogens (tertiary/aromatic N) is 2. The lowest BCUT2D eigenvalue weighted by Crippen LogP contribution is -2.55. The van der Waals surface area contributed by atoms with E-state index in [0.717, 1.165) is 0 Å². The average Bonchev–Trinajstić information content (AvgIpc) is 2.46. The van der Waals surface area contributed by atoms with E-state index in [0.29, 0.717) is 32.7 Å². The molecule has 1 aliphatic rings. The number of nitrogens with two attached hydrogens (primary N) is 1. The number of hydrogen-bond donors (Lipinski definition) is 2. The highest BCUT2D eigenvalue weighted by Gasteiger charge is 2.43. The molecule has 0 amide bonds. The van der Waals surface area contributed by atoms with Crippen molar-refractivity contribution >= 4 is 34.7 Å². The number of fused-ring (bicyclic) bond motifs is 1. The minimum Gasteiger partial charge on any atom is -0.362 e. The maximum atomic E-state index is 11.3. The minimum absolute atomic E-state index is 0.413. The number of hydrazine groups is 1. The normalized spacial score (nSPS) is 21.0. The molecule has 21 heavy (non-hydrogen) atoms. The van der Waals surface area contributed by atoms with Gasteiger partial charge in [0.25, 0.3) is 0 Å². The van der Waals surface area contributed by atoms with Crippen LogP contribution in [0.2, 0.25) is 10.0 Å². The van der Waals surface area contributed by atoms with E-state index in [1.807, 2.05) is 0 Å². The quantitative estimate of drug-likeness (QED) is 0.791.